The van der Waals surface area contributed by atoms with Crippen molar-refractivity contribution >= 4 is 68.1 Å². The number of carbonyl (C=O) groups is 2. The van der Waals surface area contributed by atoms with Crippen molar-refractivity contribution < 1.29 is 19.4 Å². The number of rotatable bonds is 7. The maximum Gasteiger partial charge on any atom is 0.335 e. The van der Waals surface area contributed by atoms with Gasteiger partial charge in [-0.15, -0.1) is 0 Å². The first-order valence-corrected chi connectivity index (χ1v) is 12.6. The van der Waals surface area contributed by atoms with Crippen molar-refractivity contribution in [2.24, 2.45) is 4.99 Å². The van der Waals surface area contributed by atoms with Crippen molar-refractivity contribution in [2.45, 2.75) is 13.5 Å². The molecule has 35 heavy (non-hydrogen) atoms. The number of nitrogens with zero attached hydrogens (tertiary/aromatic N) is 2. The average Bonchev–Trinajstić information content (AvgIpc) is 3.13. The van der Waals surface area contributed by atoms with E-state index in [9.17, 15) is 14.7 Å². The molecular weight excluding hydrogens is 552 g/mol. The van der Waals surface area contributed by atoms with E-state index in [0.29, 0.717) is 39.7 Å². The third kappa shape index (κ3) is 6.14. The van der Waals surface area contributed by atoms with Crippen molar-refractivity contribution in [3.05, 3.63) is 97.8 Å². The summed E-state index contributed by atoms with van der Waals surface area (Å²) < 4.78 is 6.90. The van der Waals surface area contributed by atoms with Crippen LogP contribution in [0.15, 0.2) is 81.1 Å². The van der Waals surface area contributed by atoms with E-state index in [1.165, 1.54) is 23.9 Å². The third-order valence-electron chi connectivity index (χ3n) is 5.09. The van der Waals surface area contributed by atoms with Crippen molar-refractivity contribution in [3.8, 4) is 5.75 Å². The molecule has 0 unspecified atom stereocenters. The fraction of sp³-hybridized carbons (Fsp3) is 0.115. The summed E-state index contributed by atoms with van der Waals surface area (Å²) in [7, 11) is 0. The van der Waals surface area contributed by atoms with Gasteiger partial charge < -0.3 is 9.84 Å². The highest BCUT2D eigenvalue weighted by atomic mass is 79.9. The number of thioether (sulfide) groups is 1. The molecule has 1 aliphatic heterocycles. The van der Waals surface area contributed by atoms with Crippen LogP contribution in [-0.2, 0) is 11.4 Å². The molecule has 0 radical (unpaired) electrons. The lowest BCUT2D eigenvalue weighted by molar-refractivity contribution is -0.122. The highest BCUT2D eigenvalue weighted by Crippen LogP contribution is 2.36. The summed E-state index contributed by atoms with van der Waals surface area (Å²) in [5.41, 5.74) is 2.32. The molecule has 1 aliphatic rings. The molecule has 3 aromatic carbocycles. The van der Waals surface area contributed by atoms with Crippen LogP contribution in [0.3, 0.4) is 0 Å². The molecule has 1 fully saturated rings. The predicted molar refractivity (Wildman–Crippen MR) is 143 cm³/mol. The fourth-order valence-electron chi connectivity index (χ4n) is 3.34. The Morgan fingerprint density at radius 2 is 1.94 bits per heavy atom. The Hall–Kier alpha value is -3.07. The van der Waals surface area contributed by atoms with Crippen LogP contribution in [-0.4, -0.2) is 33.6 Å². The first-order valence-electron chi connectivity index (χ1n) is 10.6. The molecule has 6 nitrogen and oxygen atoms in total. The number of amidine groups is 1. The van der Waals surface area contributed by atoms with Gasteiger partial charge in [0.1, 0.15) is 12.4 Å². The van der Waals surface area contributed by atoms with Crippen molar-refractivity contribution in [3.63, 3.8) is 0 Å². The number of hydrogen-bond donors (Lipinski definition) is 1. The third-order valence-corrected chi connectivity index (χ3v) is 6.84. The van der Waals surface area contributed by atoms with Crippen LogP contribution >= 0.6 is 39.3 Å². The summed E-state index contributed by atoms with van der Waals surface area (Å²) in [6.45, 7) is 2.65. The second-order valence-electron chi connectivity index (χ2n) is 7.51. The molecule has 1 heterocycles. The molecule has 0 saturated carbocycles. The number of carboxylic acids is 1. The molecule has 1 amide bonds. The number of carbonyl (C=O) groups excluding carboxylic acids is 1. The smallest absolute Gasteiger partial charge is 0.335 e. The Morgan fingerprint density at radius 1 is 1.17 bits per heavy atom. The largest absolute Gasteiger partial charge is 0.488 e. The van der Waals surface area contributed by atoms with Gasteiger partial charge in [-0.2, -0.15) is 0 Å². The summed E-state index contributed by atoms with van der Waals surface area (Å²) in [5, 5.41) is 10.4. The van der Waals surface area contributed by atoms with Crippen LogP contribution in [0, 0.1) is 0 Å². The molecule has 178 valence electrons. The number of carboxylic acid groups (broad SMARTS) is 1. The molecular formula is C26H20BrClN2O4S. The van der Waals surface area contributed by atoms with Crippen molar-refractivity contribution in [1.82, 2.24) is 4.90 Å². The predicted octanol–water partition coefficient (Wildman–Crippen LogP) is 7.00. The Bertz CT molecular complexity index is 1340. The van der Waals surface area contributed by atoms with Crippen LogP contribution in [0.2, 0.25) is 5.02 Å². The second-order valence-corrected chi connectivity index (χ2v) is 9.87. The minimum absolute atomic E-state index is 0.136. The molecule has 3 aromatic rings. The quantitative estimate of drug-likeness (QED) is 0.309. The van der Waals surface area contributed by atoms with Crippen LogP contribution in [0.25, 0.3) is 6.08 Å². The van der Waals surface area contributed by atoms with Gasteiger partial charge in [0.25, 0.3) is 5.91 Å². The molecule has 0 bridgehead atoms. The van der Waals surface area contributed by atoms with Gasteiger partial charge in [0.2, 0.25) is 0 Å². The number of aromatic carboxylic acids is 1. The molecule has 1 N–H and O–H groups in total. The normalized spacial score (nSPS) is 15.7. The number of aliphatic imine (C=N–C) groups is 1. The molecule has 9 heteroatoms. The average molecular weight is 572 g/mol. The minimum Gasteiger partial charge on any atom is -0.488 e. The van der Waals surface area contributed by atoms with Crippen molar-refractivity contribution in [2.75, 3.05) is 6.54 Å². The number of hydrogen-bond acceptors (Lipinski definition) is 5. The van der Waals surface area contributed by atoms with Crippen molar-refractivity contribution in [1.29, 1.82) is 0 Å². The van der Waals surface area contributed by atoms with E-state index in [1.807, 2.05) is 49.4 Å². The van der Waals surface area contributed by atoms with Crippen LogP contribution in [0.5, 0.6) is 5.75 Å². The Morgan fingerprint density at radius 3 is 2.66 bits per heavy atom. The monoisotopic (exact) mass is 570 g/mol. The van der Waals surface area contributed by atoms with Crippen LogP contribution in [0.1, 0.15) is 28.4 Å². The summed E-state index contributed by atoms with van der Waals surface area (Å²) in [6, 6.07) is 19.3. The number of halogens is 2. The maximum absolute atomic E-state index is 13.1. The lowest BCUT2D eigenvalue weighted by atomic mass is 10.1. The molecule has 4 rings (SSSR count). The van der Waals surface area contributed by atoms with E-state index in [1.54, 1.807) is 23.1 Å². The van der Waals surface area contributed by atoms with E-state index < -0.39 is 5.97 Å². The lowest BCUT2D eigenvalue weighted by Gasteiger charge is -2.12. The van der Waals surface area contributed by atoms with Crippen LogP contribution < -0.4 is 4.74 Å². The Balaban J connectivity index is 1.62. The standard InChI is InChI=1S/C26H20BrClN2O4S/c1-2-30-24(31)23(35-26(30)29-21-5-3-4-17(13-21)25(32)33)14-18-12-19(27)8-11-22(18)34-15-16-6-9-20(28)10-7-16/h3-14H,2,15H2,1H3,(H,32,33). The summed E-state index contributed by atoms with van der Waals surface area (Å²) in [4.78, 5) is 31.0. The van der Waals surface area contributed by atoms with Gasteiger partial charge in [-0.05, 0) is 78.9 Å². The zero-order valence-corrected chi connectivity index (χ0v) is 21.7. The highest BCUT2D eigenvalue weighted by Gasteiger charge is 2.32. The van der Waals surface area contributed by atoms with Gasteiger partial charge in [-0.3, -0.25) is 9.69 Å². The lowest BCUT2D eigenvalue weighted by Crippen LogP contribution is -2.28. The van der Waals surface area contributed by atoms with Gasteiger partial charge in [0, 0.05) is 21.6 Å². The van der Waals surface area contributed by atoms with Crippen LogP contribution in [0.4, 0.5) is 5.69 Å². The molecule has 0 aromatic heterocycles. The van der Waals surface area contributed by atoms with Gasteiger partial charge in [0.05, 0.1) is 16.2 Å². The van der Waals surface area contributed by atoms with Gasteiger partial charge in [-0.25, -0.2) is 9.79 Å². The first kappa shape index (κ1) is 25.0. The zero-order chi connectivity index (χ0) is 24.9. The summed E-state index contributed by atoms with van der Waals surface area (Å²) in [6.07, 6.45) is 1.79. The molecule has 0 spiro atoms. The maximum atomic E-state index is 13.1. The van der Waals surface area contributed by atoms with E-state index >= 15 is 0 Å². The van der Waals surface area contributed by atoms with Gasteiger partial charge >= 0.3 is 5.97 Å². The van der Waals surface area contributed by atoms with E-state index in [4.69, 9.17) is 16.3 Å². The van der Waals surface area contributed by atoms with E-state index in [-0.39, 0.29) is 11.5 Å². The Kier molecular flexibility index (Phi) is 7.95. The molecule has 1 saturated heterocycles. The topological polar surface area (TPSA) is 79.2 Å². The number of likely N-dealkylation sites (N-methyl/N-ethyl adjacent to an activating group) is 1. The molecule has 0 aliphatic carbocycles. The van der Waals surface area contributed by atoms with E-state index in [0.717, 1.165) is 15.6 Å². The highest BCUT2D eigenvalue weighted by molar-refractivity contribution is 9.10. The number of benzene rings is 3. The van der Waals surface area contributed by atoms with Gasteiger partial charge in [0.15, 0.2) is 5.17 Å². The van der Waals surface area contributed by atoms with Gasteiger partial charge in [-0.1, -0.05) is 45.7 Å². The zero-order valence-electron chi connectivity index (χ0n) is 18.6. The second kappa shape index (κ2) is 11.1. The number of amides is 1. The summed E-state index contributed by atoms with van der Waals surface area (Å²) in [5.74, 6) is -0.572. The minimum atomic E-state index is -1.03. The van der Waals surface area contributed by atoms with E-state index in [2.05, 4.69) is 20.9 Å². The Labute approximate surface area is 220 Å². The number of ether oxygens (including phenoxy) is 1. The summed E-state index contributed by atoms with van der Waals surface area (Å²) >= 11 is 10.7. The molecule has 0 atom stereocenters. The first-order chi connectivity index (χ1) is 16.8. The SMILES string of the molecule is CCN1C(=O)C(=Cc2cc(Br)ccc2OCc2ccc(Cl)cc2)SC1=Nc1cccc(C(=O)O)c1. The fourth-order valence-corrected chi connectivity index (χ4v) is 4.89.